The summed E-state index contributed by atoms with van der Waals surface area (Å²) in [5.74, 6) is -1.82. The molecule has 0 radical (unpaired) electrons. The van der Waals surface area contributed by atoms with Gasteiger partial charge >= 0.3 is 0 Å². The third-order valence-corrected chi connectivity index (χ3v) is 4.77. The molecule has 0 atom stereocenters. The fourth-order valence-corrected chi connectivity index (χ4v) is 3.06. The number of rotatable bonds is 2. The Kier molecular flexibility index (Phi) is 5.84. The number of carbonyl (C=O) groups excluding carboxylic acids is 3. The molecule has 0 spiro atoms. The molecule has 1 aliphatic heterocycles. The highest BCUT2D eigenvalue weighted by Crippen LogP contribution is 2.33. The van der Waals surface area contributed by atoms with Crippen LogP contribution in [-0.4, -0.2) is 26.6 Å². The van der Waals surface area contributed by atoms with E-state index < -0.39 is 21.5 Å². The Morgan fingerprint density at radius 2 is 1.57 bits per heavy atom. The van der Waals surface area contributed by atoms with Crippen molar-refractivity contribution in [3.05, 3.63) is 58.6 Å². The van der Waals surface area contributed by atoms with E-state index in [2.05, 4.69) is 10.6 Å². The van der Waals surface area contributed by atoms with Crippen molar-refractivity contribution in [3.63, 3.8) is 0 Å². The number of halogens is 4. The molecule has 0 aliphatic carbocycles. The van der Waals surface area contributed by atoms with Gasteiger partial charge < -0.3 is 5.32 Å². The third kappa shape index (κ3) is 4.09. The molecule has 2 aromatic carbocycles. The number of hydrogen-bond acceptors (Lipinski definition) is 4. The van der Waals surface area contributed by atoms with Crippen molar-refractivity contribution in [2.24, 2.45) is 0 Å². The molecule has 1 heterocycles. The number of thiocarbonyl (C=S) groups is 1. The Morgan fingerprint density at radius 1 is 1.00 bits per heavy atom. The van der Waals surface area contributed by atoms with Gasteiger partial charge in [0.05, 0.1) is 27.5 Å². The van der Waals surface area contributed by atoms with E-state index in [4.69, 9.17) is 58.6 Å². The lowest BCUT2D eigenvalue weighted by molar-refractivity contribution is -0.118. The summed E-state index contributed by atoms with van der Waals surface area (Å²) in [5, 5.41) is 4.88. The number of imide groups is 1. The highest BCUT2D eigenvalue weighted by molar-refractivity contribution is 7.80. The van der Waals surface area contributed by atoms with Crippen LogP contribution in [0.4, 0.5) is 11.4 Å². The minimum absolute atomic E-state index is 0.147. The van der Waals surface area contributed by atoms with Crippen molar-refractivity contribution in [2.45, 2.75) is 3.79 Å². The number of amides is 3. The number of nitrogens with one attached hydrogen (secondary N) is 2. The summed E-state index contributed by atoms with van der Waals surface area (Å²) in [7, 11) is 0. The molecule has 3 rings (SSSR count). The summed E-state index contributed by atoms with van der Waals surface area (Å²) < 4.78 is -2.18. The Labute approximate surface area is 184 Å². The van der Waals surface area contributed by atoms with Crippen molar-refractivity contribution in [2.75, 3.05) is 10.2 Å². The average molecular weight is 477 g/mol. The van der Waals surface area contributed by atoms with Crippen LogP contribution in [0, 0.1) is 0 Å². The van der Waals surface area contributed by atoms with Gasteiger partial charge in [0.25, 0.3) is 21.5 Å². The molecule has 3 amide bonds. The predicted octanol–water partition coefficient (Wildman–Crippen LogP) is 4.32. The molecule has 0 unspecified atom stereocenters. The molecule has 11 heteroatoms. The van der Waals surface area contributed by atoms with Crippen LogP contribution in [0.1, 0.15) is 20.7 Å². The van der Waals surface area contributed by atoms with Gasteiger partial charge in [-0.05, 0) is 42.5 Å². The molecule has 144 valence electrons. The van der Waals surface area contributed by atoms with Gasteiger partial charge in [0.15, 0.2) is 5.11 Å². The first-order chi connectivity index (χ1) is 13.1. The zero-order valence-corrected chi connectivity index (χ0v) is 17.5. The van der Waals surface area contributed by atoms with E-state index in [9.17, 15) is 14.4 Å². The van der Waals surface area contributed by atoms with E-state index in [-0.39, 0.29) is 15.8 Å². The molecular weight excluding hydrogens is 468 g/mol. The van der Waals surface area contributed by atoms with Crippen LogP contribution in [0.25, 0.3) is 0 Å². The zero-order chi connectivity index (χ0) is 20.6. The van der Waals surface area contributed by atoms with Crippen molar-refractivity contribution >= 4 is 92.8 Å². The predicted molar refractivity (Wildman–Crippen MR) is 114 cm³/mol. The van der Waals surface area contributed by atoms with Gasteiger partial charge in [-0.25, -0.2) is 4.90 Å². The second kappa shape index (κ2) is 7.85. The molecule has 2 N–H and O–H groups in total. The van der Waals surface area contributed by atoms with Crippen molar-refractivity contribution in [1.29, 1.82) is 0 Å². The number of alkyl halides is 3. The first-order valence-electron chi connectivity index (χ1n) is 7.56. The van der Waals surface area contributed by atoms with Crippen LogP contribution < -0.4 is 15.5 Å². The Hall–Kier alpha value is -1.90. The Bertz CT molecular complexity index is 988. The summed E-state index contributed by atoms with van der Waals surface area (Å²) in [5.41, 5.74) is 1.25. The molecular formula is C17H9Cl4N3O3S. The van der Waals surface area contributed by atoms with Gasteiger partial charge in [-0.3, -0.25) is 19.7 Å². The van der Waals surface area contributed by atoms with Gasteiger partial charge in [0.1, 0.15) is 0 Å². The van der Waals surface area contributed by atoms with Crippen LogP contribution in [-0.2, 0) is 4.79 Å². The van der Waals surface area contributed by atoms with Crippen molar-refractivity contribution in [1.82, 2.24) is 5.32 Å². The molecule has 0 saturated carbocycles. The highest BCUT2D eigenvalue weighted by Gasteiger charge is 2.36. The summed E-state index contributed by atoms with van der Waals surface area (Å²) in [4.78, 5) is 37.7. The molecule has 1 aliphatic rings. The fraction of sp³-hybridized carbons (Fsp3) is 0.0588. The highest BCUT2D eigenvalue weighted by atomic mass is 35.6. The average Bonchev–Trinajstić information content (AvgIpc) is 2.87. The van der Waals surface area contributed by atoms with Crippen molar-refractivity contribution < 1.29 is 14.4 Å². The monoisotopic (exact) mass is 475 g/mol. The van der Waals surface area contributed by atoms with E-state index in [1.54, 1.807) is 24.3 Å². The maximum absolute atomic E-state index is 12.5. The van der Waals surface area contributed by atoms with Gasteiger partial charge in [-0.2, -0.15) is 0 Å². The number of hydrogen-bond donors (Lipinski definition) is 2. The van der Waals surface area contributed by atoms with Crippen LogP contribution in [0.2, 0.25) is 5.02 Å². The minimum atomic E-state index is -2.18. The Morgan fingerprint density at radius 3 is 2.07 bits per heavy atom. The molecule has 28 heavy (non-hydrogen) atoms. The first-order valence-corrected chi connectivity index (χ1v) is 9.48. The number of carbonyl (C=O) groups is 3. The molecule has 0 bridgehead atoms. The standard InChI is InChI=1S/C17H9Cl4N3O3S/c18-11-7-8(24-13(25)9-3-1-2-4-10(9)14(24)26)5-6-12(11)22-16(28)23-15(27)17(19,20)21/h1-7H,(H2,22,23,27,28). The SMILES string of the molecule is O=C1c2ccccc2C(=O)N1c1ccc(NC(=S)NC(=O)C(Cl)(Cl)Cl)c(Cl)c1. The van der Waals surface area contributed by atoms with Gasteiger partial charge in [0, 0.05) is 0 Å². The lowest BCUT2D eigenvalue weighted by atomic mass is 10.1. The smallest absolute Gasteiger partial charge is 0.278 e. The number of nitrogens with zero attached hydrogens (tertiary/aromatic N) is 1. The first kappa shape index (κ1) is 20.8. The minimum Gasteiger partial charge on any atom is -0.331 e. The lowest BCUT2D eigenvalue weighted by Gasteiger charge is -2.17. The van der Waals surface area contributed by atoms with Crippen LogP contribution in [0.3, 0.4) is 0 Å². The summed E-state index contributed by atoms with van der Waals surface area (Å²) in [6, 6.07) is 11.0. The van der Waals surface area contributed by atoms with Crippen LogP contribution >= 0.6 is 58.6 Å². The maximum atomic E-state index is 12.5. The normalized spacial score (nSPS) is 13.4. The van der Waals surface area contributed by atoms with Gasteiger partial charge in [0.2, 0.25) is 0 Å². The van der Waals surface area contributed by atoms with E-state index in [0.29, 0.717) is 16.8 Å². The molecule has 6 nitrogen and oxygen atoms in total. The molecule has 0 saturated heterocycles. The fourth-order valence-electron chi connectivity index (χ4n) is 2.50. The second-order valence-corrected chi connectivity index (χ2v) is 8.66. The third-order valence-electron chi connectivity index (χ3n) is 3.74. The van der Waals surface area contributed by atoms with E-state index in [0.717, 1.165) is 4.90 Å². The number of fused-ring (bicyclic) bond motifs is 1. The number of benzene rings is 2. The Balaban J connectivity index is 1.79. The molecule has 2 aromatic rings. The second-order valence-electron chi connectivity index (χ2n) is 5.56. The van der Waals surface area contributed by atoms with E-state index in [1.165, 1.54) is 18.2 Å². The number of anilines is 2. The summed E-state index contributed by atoms with van der Waals surface area (Å²) in [6.45, 7) is 0. The summed E-state index contributed by atoms with van der Waals surface area (Å²) in [6.07, 6.45) is 0. The molecule has 0 fully saturated rings. The molecule has 0 aromatic heterocycles. The van der Waals surface area contributed by atoms with Crippen LogP contribution in [0.15, 0.2) is 42.5 Å². The maximum Gasteiger partial charge on any atom is 0.278 e. The van der Waals surface area contributed by atoms with Crippen LogP contribution in [0.5, 0.6) is 0 Å². The van der Waals surface area contributed by atoms with E-state index in [1.807, 2.05) is 0 Å². The quantitative estimate of drug-likeness (QED) is 0.383. The largest absolute Gasteiger partial charge is 0.331 e. The van der Waals surface area contributed by atoms with Crippen molar-refractivity contribution in [3.8, 4) is 0 Å². The topological polar surface area (TPSA) is 78.5 Å². The van der Waals surface area contributed by atoms with E-state index >= 15 is 0 Å². The van der Waals surface area contributed by atoms with Gasteiger partial charge in [-0.1, -0.05) is 58.5 Å². The zero-order valence-electron chi connectivity index (χ0n) is 13.6. The summed E-state index contributed by atoms with van der Waals surface area (Å²) >= 11 is 27.6. The lowest BCUT2D eigenvalue weighted by Crippen LogP contribution is -2.41. The van der Waals surface area contributed by atoms with Gasteiger partial charge in [-0.15, -0.1) is 0 Å².